The highest BCUT2D eigenvalue weighted by Gasteiger charge is 2.65. The van der Waals surface area contributed by atoms with Gasteiger partial charge in [-0.15, -0.1) is 0 Å². The molecule has 92 valence electrons. The molecule has 1 N–H and O–H groups in total. The van der Waals surface area contributed by atoms with E-state index >= 15 is 0 Å². The maximum Gasteiger partial charge on any atom is 0.182 e. The van der Waals surface area contributed by atoms with Crippen LogP contribution in [0.5, 0.6) is 0 Å². The molecule has 2 saturated carbocycles. The van der Waals surface area contributed by atoms with Gasteiger partial charge in [-0.25, -0.2) is 0 Å². The SMILES string of the molecule is C=C1C(=O)C=C2CC3(O)CC(C)(C)CC3C12C. The zero-order chi connectivity index (χ0) is 12.6. The molecule has 0 bridgehead atoms. The van der Waals surface area contributed by atoms with E-state index < -0.39 is 5.60 Å². The zero-order valence-corrected chi connectivity index (χ0v) is 10.8. The lowest BCUT2D eigenvalue weighted by molar-refractivity contribution is -0.111. The van der Waals surface area contributed by atoms with Crippen LogP contribution in [0.15, 0.2) is 23.8 Å². The standard InChI is InChI=1S/C15H20O2/c1-9-11(16)5-10-6-15(17)8-13(2,3)7-12(15)14(9,10)4/h5,12,17H,1,6-8H2,2-4H3. The monoisotopic (exact) mass is 232 g/mol. The molecule has 0 aromatic carbocycles. The van der Waals surface area contributed by atoms with Gasteiger partial charge >= 0.3 is 0 Å². The summed E-state index contributed by atoms with van der Waals surface area (Å²) in [6.07, 6.45) is 4.18. The van der Waals surface area contributed by atoms with Crippen LogP contribution in [0.2, 0.25) is 0 Å². The Morgan fingerprint density at radius 2 is 2.06 bits per heavy atom. The first-order valence-corrected chi connectivity index (χ1v) is 6.36. The molecule has 3 aliphatic carbocycles. The van der Waals surface area contributed by atoms with E-state index in [0.717, 1.165) is 18.4 Å². The molecule has 3 unspecified atom stereocenters. The summed E-state index contributed by atoms with van der Waals surface area (Å²) in [7, 11) is 0. The minimum Gasteiger partial charge on any atom is -0.389 e. The molecule has 3 aliphatic rings. The van der Waals surface area contributed by atoms with E-state index in [1.807, 2.05) is 0 Å². The van der Waals surface area contributed by atoms with Gasteiger partial charge in [0.15, 0.2) is 5.78 Å². The molecule has 17 heavy (non-hydrogen) atoms. The van der Waals surface area contributed by atoms with Crippen molar-refractivity contribution in [3.63, 3.8) is 0 Å². The van der Waals surface area contributed by atoms with Gasteiger partial charge < -0.3 is 5.11 Å². The second-order valence-electron chi connectivity index (χ2n) is 7.09. The quantitative estimate of drug-likeness (QED) is 0.652. The summed E-state index contributed by atoms with van der Waals surface area (Å²) in [6, 6.07) is 0. The van der Waals surface area contributed by atoms with E-state index in [-0.39, 0.29) is 22.5 Å². The van der Waals surface area contributed by atoms with Crippen molar-refractivity contribution in [1.29, 1.82) is 0 Å². The fraction of sp³-hybridized carbons (Fsp3) is 0.667. The first kappa shape index (κ1) is 11.2. The molecular weight excluding hydrogens is 212 g/mol. The average molecular weight is 232 g/mol. The molecule has 2 nitrogen and oxygen atoms in total. The number of allylic oxidation sites excluding steroid dienone is 2. The Morgan fingerprint density at radius 1 is 1.41 bits per heavy atom. The van der Waals surface area contributed by atoms with E-state index in [1.165, 1.54) is 0 Å². The van der Waals surface area contributed by atoms with Crippen molar-refractivity contribution in [3.05, 3.63) is 23.8 Å². The highest BCUT2D eigenvalue weighted by molar-refractivity contribution is 6.09. The van der Waals surface area contributed by atoms with Crippen molar-refractivity contribution < 1.29 is 9.90 Å². The fourth-order valence-electron chi connectivity index (χ4n) is 4.54. The number of fused-ring (bicyclic) bond motifs is 3. The minimum atomic E-state index is -0.617. The smallest absolute Gasteiger partial charge is 0.182 e. The molecule has 2 fully saturated rings. The van der Waals surface area contributed by atoms with Crippen LogP contribution in [0, 0.1) is 16.7 Å². The lowest BCUT2D eigenvalue weighted by atomic mass is 9.71. The van der Waals surface area contributed by atoms with Crippen molar-refractivity contribution in [3.8, 4) is 0 Å². The summed E-state index contributed by atoms with van der Waals surface area (Å²) in [5.74, 6) is 0.226. The topological polar surface area (TPSA) is 37.3 Å². The molecule has 0 saturated heterocycles. The number of hydrogen-bond acceptors (Lipinski definition) is 2. The summed E-state index contributed by atoms with van der Waals surface area (Å²) >= 11 is 0. The van der Waals surface area contributed by atoms with Crippen molar-refractivity contribution in [1.82, 2.24) is 0 Å². The minimum absolute atomic E-state index is 0.0641. The largest absolute Gasteiger partial charge is 0.389 e. The second-order valence-corrected chi connectivity index (χ2v) is 7.09. The van der Waals surface area contributed by atoms with Gasteiger partial charge in [-0.05, 0) is 30.8 Å². The number of carbonyl (C=O) groups excluding carboxylic acids is 1. The number of ketones is 1. The summed E-state index contributed by atoms with van der Waals surface area (Å²) in [5.41, 5.74) is 1.06. The van der Waals surface area contributed by atoms with Crippen LogP contribution in [0.25, 0.3) is 0 Å². The molecule has 0 spiro atoms. The Labute approximate surface area is 102 Å². The Morgan fingerprint density at radius 3 is 2.71 bits per heavy atom. The molecule has 3 atom stereocenters. The van der Waals surface area contributed by atoms with Gasteiger partial charge in [-0.3, -0.25) is 4.79 Å². The lowest BCUT2D eigenvalue weighted by Crippen LogP contribution is -2.35. The van der Waals surface area contributed by atoms with E-state index in [4.69, 9.17) is 0 Å². The lowest BCUT2D eigenvalue weighted by Gasteiger charge is -2.33. The first-order chi connectivity index (χ1) is 7.69. The van der Waals surface area contributed by atoms with E-state index in [2.05, 4.69) is 27.4 Å². The molecule has 0 aromatic rings. The molecule has 2 heteroatoms. The molecule has 0 radical (unpaired) electrons. The molecular formula is C15H20O2. The average Bonchev–Trinajstić information content (AvgIpc) is 2.61. The van der Waals surface area contributed by atoms with E-state index in [9.17, 15) is 9.90 Å². The van der Waals surface area contributed by atoms with Crippen molar-refractivity contribution in [2.45, 2.75) is 45.6 Å². The maximum absolute atomic E-state index is 11.8. The van der Waals surface area contributed by atoms with Gasteiger partial charge in [0.2, 0.25) is 0 Å². The van der Waals surface area contributed by atoms with Gasteiger partial charge in [-0.2, -0.15) is 0 Å². The van der Waals surface area contributed by atoms with Crippen LogP contribution in [0.3, 0.4) is 0 Å². The third-order valence-electron chi connectivity index (χ3n) is 5.28. The highest BCUT2D eigenvalue weighted by Crippen LogP contribution is 2.67. The predicted molar refractivity (Wildman–Crippen MR) is 66.4 cm³/mol. The van der Waals surface area contributed by atoms with Crippen molar-refractivity contribution in [2.75, 3.05) is 0 Å². The van der Waals surface area contributed by atoms with Crippen LogP contribution >= 0.6 is 0 Å². The molecule has 0 amide bonds. The fourth-order valence-corrected chi connectivity index (χ4v) is 4.54. The molecule has 3 rings (SSSR count). The van der Waals surface area contributed by atoms with Gasteiger partial charge in [0, 0.05) is 16.9 Å². The van der Waals surface area contributed by atoms with Gasteiger partial charge in [-0.1, -0.05) is 32.9 Å². The zero-order valence-electron chi connectivity index (χ0n) is 10.8. The highest BCUT2D eigenvalue weighted by atomic mass is 16.3. The summed E-state index contributed by atoms with van der Waals surface area (Å²) in [5, 5.41) is 10.8. The van der Waals surface area contributed by atoms with Crippen molar-refractivity contribution >= 4 is 5.78 Å². The van der Waals surface area contributed by atoms with Crippen LogP contribution in [0.4, 0.5) is 0 Å². The van der Waals surface area contributed by atoms with Gasteiger partial charge in [0.25, 0.3) is 0 Å². The van der Waals surface area contributed by atoms with Crippen molar-refractivity contribution in [2.24, 2.45) is 16.7 Å². The first-order valence-electron chi connectivity index (χ1n) is 6.36. The Bertz CT molecular complexity index is 471. The number of rotatable bonds is 0. The summed E-state index contributed by atoms with van der Waals surface area (Å²) in [4.78, 5) is 11.8. The Kier molecular flexibility index (Phi) is 1.81. The third kappa shape index (κ3) is 1.17. The number of carbonyl (C=O) groups is 1. The number of hydrogen-bond donors (Lipinski definition) is 1. The second kappa shape index (κ2) is 2.74. The van der Waals surface area contributed by atoms with Crippen LogP contribution in [0.1, 0.15) is 40.0 Å². The normalized spacial score (nSPS) is 47.1. The van der Waals surface area contributed by atoms with Crippen LogP contribution in [-0.4, -0.2) is 16.5 Å². The maximum atomic E-state index is 11.8. The number of aliphatic hydroxyl groups is 1. The van der Waals surface area contributed by atoms with E-state index in [1.54, 1.807) is 6.08 Å². The molecule has 0 aliphatic heterocycles. The van der Waals surface area contributed by atoms with Crippen LogP contribution < -0.4 is 0 Å². The molecule has 0 heterocycles. The van der Waals surface area contributed by atoms with Gasteiger partial charge in [0.1, 0.15) is 0 Å². The van der Waals surface area contributed by atoms with Gasteiger partial charge in [0.05, 0.1) is 5.60 Å². The Balaban J connectivity index is 2.11. The van der Waals surface area contributed by atoms with Crippen LogP contribution in [-0.2, 0) is 4.79 Å². The molecule has 0 aromatic heterocycles. The third-order valence-corrected chi connectivity index (χ3v) is 5.28. The Hall–Kier alpha value is -0.890. The van der Waals surface area contributed by atoms with E-state index in [0.29, 0.717) is 12.0 Å². The summed E-state index contributed by atoms with van der Waals surface area (Å²) < 4.78 is 0. The summed E-state index contributed by atoms with van der Waals surface area (Å²) in [6.45, 7) is 10.5. The predicted octanol–water partition coefficient (Wildman–Crippen LogP) is 2.63.